The molecule has 4 aromatic carbocycles. The Morgan fingerprint density at radius 2 is 0.807 bits per heavy atom. The van der Waals surface area contributed by atoms with E-state index in [1.165, 1.54) is 78.0 Å². The summed E-state index contributed by atoms with van der Waals surface area (Å²) in [5.41, 5.74) is 20.0. The second-order valence-corrected chi connectivity index (χ2v) is 24.6. The molecule has 0 radical (unpaired) electrons. The van der Waals surface area contributed by atoms with E-state index in [9.17, 15) is 0 Å². The van der Waals surface area contributed by atoms with Gasteiger partial charge in [-0.25, -0.2) is 39.9 Å². The lowest BCUT2D eigenvalue weighted by Crippen LogP contribution is -2.36. The molecule has 4 aliphatic carbocycles. The number of nitrogens with zero attached hydrogens (tertiary/aromatic N) is 11. The largest absolute Gasteiger partial charge is 0.496 e. The van der Waals surface area contributed by atoms with Crippen LogP contribution < -0.4 is 9.47 Å². The smallest absolute Gasteiger partial charge is 0.180 e. The van der Waals surface area contributed by atoms with E-state index in [-0.39, 0.29) is 22.2 Å². The minimum Gasteiger partial charge on any atom is -0.496 e. The van der Waals surface area contributed by atoms with Gasteiger partial charge in [-0.1, -0.05) is 54.6 Å². The van der Waals surface area contributed by atoms with Crippen LogP contribution in [0, 0.1) is 0 Å². The lowest BCUT2D eigenvalue weighted by molar-refractivity contribution is 0.234. The molecule has 17 heteroatoms. The molecule has 0 unspecified atom stereocenters. The summed E-state index contributed by atoms with van der Waals surface area (Å²) in [5.74, 6) is 5.11. The number of hydrogen-bond acceptors (Lipinski definition) is 16. The first-order chi connectivity index (χ1) is 42.8. The maximum atomic E-state index is 5.64. The molecule has 0 amide bonds. The average molecular weight is 1180 g/mol. The minimum atomic E-state index is -0.129. The Labute approximate surface area is 514 Å². The van der Waals surface area contributed by atoms with Crippen LogP contribution in [0.15, 0.2) is 155 Å². The number of fused-ring (bicyclic) bond motifs is 4. The van der Waals surface area contributed by atoms with Crippen LogP contribution in [0.4, 0.5) is 0 Å². The summed E-state index contributed by atoms with van der Waals surface area (Å²) >= 11 is 0. The van der Waals surface area contributed by atoms with E-state index in [0.717, 1.165) is 136 Å². The summed E-state index contributed by atoms with van der Waals surface area (Å²) in [6, 6.07) is 27.7. The van der Waals surface area contributed by atoms with Gasteiger partial charge in [0.25, 0.3) is 0 Å². The van der Waals surface area contributed by atoms with Crippen LogP contribution in [0.2, 0.25) is 0 Å². The summed E-state index contributed by atoms with van der Waals surface area (Å²) in [4.78, 5) is 39.9. The topological polar surface area (TPSA) is 187 Å². The van der Waals surface area contributed by atoms with E-state index in [2.05, 4.69) is 90.7 Å². The van der Waals surface area contributed by atoms with Crippen molar-refractivity contribution in [3.8, 4) is 56.1 Å². The van der Waals surface area contributed by atoms with E-state index >= 15 is 0 Å². The molecule has 8 aromatic rings. The van der Waals surface area contributed by atoms with Crippen LogP contribution in [0.25, 0.3) is 44.6 Å². The maximum Gasteiger partial charge on any atom is 0.180 e. The zero-order valence-corrected chi connectivity index (χ0v) is 51.4. The number of ether oxygens (including phenoxy) is 6. The van der Waals surface area contributed by atoms with Gasteiger partial charge >= 0.3 is 0 Å². The van der Waals surface area contributed by atoms with Crippen LogP contribution in [0.1, 0.15) is 97.9 Å². The highest BCUT2D eigenvalue weighted by molar-refractivity contribution is 5.79. The molecule has 88 heavy (non-hydrogen) atoms. The fraction of sp³-hybridized carbons (Fsp3) is 0.380. The molecule has 4 atom stereocenters. The van der Waals surface area contributed by atoms with E-state index in [0.29, 0.717) is 13.2 Å². The molecule has 4 spiro atoms. The van der Waals surface area contributed by atoms with Crippen LogP contribution in [0.3, 0.4) is 0 Å². The first-order valence-electron chi connectivity index (χ1n) is 30.6. The van der Waals surface area contributed by atoms with E-state index in [1.54, 1.807) is 26.9 Å². The van der Waals surface area contributed by atoms with Crippen LogP contribution in [-0.2, 0) is 77.4 Å². The third kappa shape index (κ3) is 11.7. The molecular weight excluding hydrogens is 1100 g/mol. The zero-order chi connectivity index (χ0) is 60.5. The predicted octanol–water partition coefficient (Wildman–Crippen LogP) is 11.8. The van der Waals surface area contributed by atoms with Gasteiger partial charge in [-0.2, -0.15) is 5.10 Å². The fourth-order valence-corrected chi connectivity index (χ4v) is 14.5. The summed E-state index contributed by atoms with van der Waals surface area (Å²) in [7, 11) is 5.45. The Bertz CT molecular complexity index is 3890. The second kappa shape index (κ2) is 24.2. The van der Waals surface area contributed by atoms with Crippen molar-refractivity contribution < 1.29 is 28.4 Å². The van der Waals surface area contributed by atoms with Gasteiger partial charge in [0.15, 0.2) is 23.6 Å². The van der Waals surface area contributed by atoms with Gasteiger partial charge in [-0.3, -0.25) is 9.67 Å². The predicted molar refractivity (Wildman–Crippen MR) is 342 cm³/mol. The SMILES string of the molecule is CC1=N[C@]2(CCc3c(cccc3-c3cccnc3)C2)CO1.CC1=N[C@]2(CCc3c(cccc3-c3ccnn3C)C2)CO1.COc1ccc(-c2cncnc2)c2c1C[C@@]1(CC2)COC(C)=N1.COc1ccc(-c2cncnc2)c2c1C[C@]1(CC2)COC(C)=N1. The average Bonchev–Trinajstić information content (AvgIpc) is 1.57. The van der Waals surface area contributed by atoms with E-state index < -0.39 is 0 Å². The fourth-order valence-electron chi connectivity index (χ4n) is 14.5. The normalized spacial score (nSPS) is 23.0. The van der Waals surface area contributed by atoms with E-state index in [4.69, 9.17) is 48.4 Å². The lowest BCUT2D eigenvalue weighted by Gasteiger charge is -2.32. The molecular formula is C71H75N11O6. The third-order valence-electron chi connectivity index (χ3n) is 18.8. The number of aliphatic imine (C=N–C) groups is 4. The number of methoxy groups -OCH3 is 2. The van der Waals surface area contributed by atoms with Gasteiger partial charge in [-0.05, 0) is 126 Å². The number of aryl methyl sites for hydroxylation is 1. The van der Waals surface area contributed by atoms with Crippen molar-refractivity contribution in [2.45, 2.75) is 127 Å². The molecule has 16 rings (SSSR count). The van der Waals surface area contributed by atoms with Crippen LogP contribution in [-0.4, -0.2) is 121 Å². The number of rotatable bonds is 6. The van der Waals surface area contributed by atoms with Crippen LogP contribution in [0.5, 0.6) is 11.5 Å². The highest BCUT2D eigenvalue weighted by Crippen LogP contribution is 2.46. The monoisotopic (exact) mass is 1180 g/mol. The molecule has 4 aliphatic heterocycles. The number of pyridine rings is 1. The van der Waals surface area contributed by atoms with Gasteiger partial charge in [-0.15, -0.1) is 0 Å². The summed E-state index contributed by atoms with van der Waals surface area (Å²) in [5, 5.41) is 4.30. The standard InChI is InChI=1S/2C18H19N3O2.C18H18N2O.C17H19N3O/c2*1-12-21-18(10-23-12)6-5-15-14(13-8-19-11-20-9-13)3-4-17(22-2)16(15)7-18;1-13-20-18(12-21-13)8-7-17-14(10-18)4-2-6-16(17)15-5-3-9-19-11-15;1-12-19-17(11-21-12)8-6-14-13(10-17)4-3-5-15(14)16-7-9-18-20(16)2/h2*3-4,8-9,11H,5-7,10H2,1-2H3;2-6,9,11H,7-8,10,12H2,1H3;3-5,7,9H,6,8,10-11H2,1-2H3/t3*18-;17-/m1000/s1. The lowest BCUT2D eigenvalue weighted by atomic mass is 9.76. The maximum absolute atomic E-state index is 5.64. The van der Waals surface area contributed by atoms with Crippen molar-refractivity contribution in [2.24, 2.45) is 27.0 Å². The van der Waals surface area contributed by atoms with Gasteiger partial charge in [0, 0.05) is 137 Å². The van der Waals surface area contributed by atoms with Gasteiger partial charge in [0.05, 0.1) is 19.9 Å². The first-order valence-corrected chi connectivity index (χ1v) is 30.6. The summed E-state index contributed by atoms with van der Waals surface area (Å²) < 4.78 is 35.7. The Morgan fingerprint density at radius 1 is 0.398 bits per heavy atom. The van der Waals surface area contributed by atoms with Gasteiger partial charge in [0.2, 0.25) is 0 Å². The molecule has 8 heterocycles. The quantitative estimate of drug-likeness (QED) is 0.154. The van der Waals surface area contributed by atoms with Crippen molar-refractivity contribution in [1.82, 2.24) is 34.7 Å². The van der Waals surface area contributed by atoms with Crippen molar-refractivity contribution in [1.29, 1.82) is 0 Å². The van der Waals surface area contributed by atoms with Crippen molar-refractivity contribution in [2.75, 3.05) is 40.6 Å². The molecule has 450 valence electrons. The number of benzene rings is 4. The highest BCUT2D eigenvalue weighted by Gasteiger charge is 2.44. The van der Waals surface area contributed by atoms with Gasteiger partial charge < -0.3 is 28.4 Å². The number of hydrogen-bond donors (Lipinski definition) is 0. The molecule has 8 aliphatic rings. The highest BCUT2D eigenvalue weighted by atomic mass is 16.5. The molecule has 0 saturated carbocycles. The van der Waals surface area contributed by atoms with Crippen molar-refractivity contribution in [3.05, 3.63) is 179 Å². The molecule has 17 nitrogen and oxygen atoms in total. The minimum absolute atomic E-state index is 0.0232. The zero-order valence-electron chi connectivity index (χ0n) is 51.4. The van der Waals surface area contributed by atoms with Gasteiger partial charge in [0.1, 0.15) is 72.7 Å². The van der Waals surface area contributed by atoms with Crippen molar-refractivity contribution >= 4 is 23.6 Å². The molecule has 4 aromatic heterocycles. The Balaban J connectivity index is 0.000000108. The molecule has 0 fully saturated rings. The summed E-state index contributed by atoms with van der Waals surface area (Å²) in [6.07, 6.45) is 28.0. The Hall–Kier alpha value is -9.12. The molecule has 0 bridgehead atoms. The Kier molecular flexibility index (Phi) is 15.9. The first kappa shape index (κ1) is 57.9. The Morgan fingerprint density at radius 3 is 1.20 bits per heavy atom. The van der Waals surface area contributed by atoms with Crippen LogP contribution >= 0.6 is 0 Å². The second-order valence-electron chi connectivity index (χ2n) is 24.6. The molecule has 0 N–H and O–H groups in total. The van der Waals surface area contributed by atoms with Crippen molar-refractivity contribution in [3.63, 3.8) is 0 Å². The molecule has 0 saturated heterocycles. The third-order valence-corrected chi connectivity index (χ3v) is 18.8. The summed E-state index contributed by atoms with van der Waals surface area (Å²) in [6.45, 7) is 10.6. The van der Waals surface area contributed by atoms with E-state index in [1.807, 2.05) is 101 Å². The number of aromatic nitrogens is 7.